The number of carbonyl (C=O) groups is 1. The van der Waals surface area contributed by atoms with E-state index < -0.39 is 6.17 Å². The van der Waals surface area contributed by atoms with Crippen molar-refractivity contribution in [1.29, 1.82) is 0 Å². The van der Waals surface area contributed by atoms with E-state index in [1.54, 1.807) is 11.1 Å². The van der Waals surface area contributed by atoms with Gasteiger partial charge in [0.25, 0.3) is 0 Å². The number of hydrogen-bond donors (Lipinski definition) is 1. The SMILES string of the molecule is CCOc1ccc(NC2CCN(CC(=O)N3C[C@@H](F)C[C@H]3C)CC2)c2cccnc12. The number of halogens is 1. The van der Waals surface area contributed by atoms with Crippen LogP contribution in [-0.2, 0) is 4.79 Å². The van der Waals surface area contributed by atoms with E-state index in [1.165, 1.54) is 0 Å². The number of likely N-dealkylation sites (tertiary alicyclic amines) is 2. The van der Waals surface area contributed by atoms with Crippen LogP contribution >= 0.6 is 0 Å². The lowest BCUT2D eigenvalue weighted by Crippen LogP contribution is -2.46. The number of fused-ring (bicyclic) bond motifs is 1. The summed E-state index contributed by atoms with van der Waals surface area (Å²) in [5.74, 6) is 0.858. The molecule has 0 aliphatic carbocycles. The van der Waals surface area contributed by atoms with Gasteiger partial charge in [-0.25, -0.2) is 4.39 Å². The van der Waals surface area contributed by atoms with Crippen LogP contribution in [0.2, 0.25) is 0 Å². The van der Waals surface area contributed by atoms with E-state index in [-0.39, 0.29) is 18.5 Å². The summed E-state index contributed by atoms with van der Waals surface area (Å²) in [6, 6.07) is 8.40. The Kier molecular flexibility index (Phi) is 6.37. The summed E-state index contributed by atoms with van der Waals surface area (Å²) in [5, 5.41) is 4.73. The zero-order valence-corrected chi connectivity index (χ0v) is 17.8. The lowest BCUT2D eigenvalue weighted by molar-refractivity contribution is -0.133. The second-order valence-corrected chi connectivity index (χ2v) is 8.37. The number of nitrogens with one attached hydrogen (secondary N) is 1. The first-order chi connectivity index (χ1) is 14.5. The molecule has 30 heavy (non-hydrogen) atoms. The summed E-state index contributed by atoms with van der Waals surface area (Å²) >= 11 is 0. The highest BCUT2D eigenvalue weighted by Gasteiger charge is 2.33. The maximum absolute atomic E-state index is 13.6. The fourth-order valence-corrected chi connectivity index (χ4v) is 4.59. The summed E-state index contributed by atoms with van der Waals surface area (Å²) in [5.41, 5.74) is 1.94. The van der Waals surface area contributed by atoms with Crippen LogP contribution < -0.4 is 10.1 Å². The van der Waals surface area contributed by atoms with Crippen molar-refractivity contribution in [3.05, 3.63) is 30.5 Å². The highest BCUT2D eigenvalue weighted by molar-refractivity contribution is 5.95. The molecule has 2 aromatic rings. The average molecular weight is 415 g/mol. The fourth-order valence-electron chi connectivity index (χ4n) is 4.59. The van der Waals surface area contributed by atoms with E-state index in [2.05, 4.69) is 27.3 Å². The minimum atomic E-state index is -0.877. The molecule has 1 aromatic heterocycles. The topological polar surface area (TPSA) is 57.7 Å². The first-order valence-corrected chi connectivity index (χ1v) is 11.0. The number of rotatable bonds is 6. The maximum atomic E-state index is 13.6. The van der Waals surface area contributed by atoms with Crippen molar-refractivity contribution in [2.45, 2.75) is 51.4 Å². The van der Waals surface area contributed by atoms with Gasteiger partial charge in [-0.3, -0.25) is 14.7 Å². The van der Waals surface area contributed by atoms with Gasteiger partial charge in [-0.1, -0.05) is 0 Å². The van der Waals surface area contributed by atoms with Crippen molar-refractivity contribution in [3.63, 3.8) is 0 Å². The molecule has 0 unspecified atom stereocenters. The predicted molar refractivity (Wildman–Crippen MR) is 117 cm³/mol. The molecule has 0 saturated carbocycles. The molecule has 162 valence electrons. The number of carbonyl (C=O) groups excluding carboxylic acids is 1. The Morgan fingerprint density at radius 2 is 2.10 bits per heavy atom. The molecule has 0 radical (unpaired) electrons. The molecule has 6 nitrogen and oxygen atoms in total. The van der Waals surface area contributed by atoms with Gasteiger partial charge < -0.3 is 15.0 Å². The van der Waals surface area contributed by atoms with Crippen LogP contribution in [0.1, 0.15) is 33.1 Å². The summed E-state index contributed by atoms with van der Waals surface area (Å²) in [7, 11) is 0. The third-order valence-electron chi connectivity index (χ3n) is 6.18. The Morgan fingerprint density at radius 1 is 1.30 bits per heavy atom. The first kappa shape index (κ1) is 20.8. The highest BCUT2D eigenvalue weighted by Crippen LogP contribution is 2.31. The normalized spacial score (nSPS) is 23.1. The first-order valence-electron chi connectivity index (χ1n) is 11.0. The molecule has 1 amide bonds. The molecule has 2 fully saturated rings. The van der Waals surface area contributed by atoms with Crippen LogP contribution in [-0.4, -0.2) is 71.7 Å². The van der Waals surface area contributed by atoms with Crippen molar-refractivity contribution in [2.24, 2.45) is 0 Å². The zero-order valence-electron chi connectivity index (χ0n) is 17.8. The van der Waals surface area contributed by atoms with E-state index in [4.69, 9.17) is 4.74 Å². The Labute approximate surface area is 177 Å². The Balaban J connectivity index is 1.34. The zero-order chi connectivity index (χ0) is 21.1. The van der Waals surface area contributed by atoms with Crippen molar-refractivity contribution >= 4 is 22.5 Å². The Morgan fingerprint density at radius 3 is 2.80 bits per heavy atom. The van der Waals surface area contributed by atoms with Crippen molar-refractivity contribution in [3.8, 4) is 5.75 Å². The predicted octanol–water partition coefficient (Wildman–Crippen LogP) is 3.47. The minimum absolute atomic E-state index is 0.00764. The molecular weight excluding hydrogens is 383 g/mol. The molecule has 2 aliphatic rings. The number of hydrogen-bond acceptors (Lipinski definition) is 5. The molecule has 0 spiro atoms. The fraction of sp³-hybridized carbons (Fsp3) is 0.565. The van der Waals surface area contributed by atoms with Gasteiger partial charge in [-0.15, -0.1) is 0 Å². The van der Waals surface area contributed by atoms with Crippen LogP contribution in [0.25, 0.3) is 10.9 Å². The largest absolute Gasteiger partial charge is 0.492 e. The number of nitrogens with zero attached hydrogens (tertiary/aromatic N) is 3. The van der Waals surface area contributed by atoms with Crippen LogP contribution in [0.3, 0.4) is 0 Å². The number of anilines is 1. The number of pyridine rings is 1. The molecular formula is C23H31FN4O2. The van der Waals surface area contributed by atoms with E-state index in [9.17, 15) is 9.18 Å². The highest BCUT2D eigenvalue weighted by atomic mass is 19.1. The standard InChI is InChI=1S/C23H31FN4O2/c1-3-30-21-7-6-20(19-5-4-10-25-23(19)21)26-18-8-11-27(12-9-18)15-22(29)28-14-17(24)13-16(28)2/h4-7,10,16-18,26H,3,8-9,11-15H2,1-2H3/t16-,17+/m1/s1. The number of piperidine rings is 1. The second kappa shape index (κ2) is 9.16. The molecule has 1 aromatic carbocycles. The number of ether oxygens (including phenoxy) is 1. The average Bonchev–Trinajstić information content (AvgIpc) is 3.09. The third kappa shape index (κ3) is 4.51. The Hall–Kier alpha value is -2.41. The summed E-state index contributed by atoms with van der Waals surface area (Å²) < 4.78 is 19.3. The van der Waals surface area contributed by atoms with Crippen molar-refractivity contribution in [2.75, 3.05) is 38.1 Å². The van der Waals surface area contributed by atoms with Crippen molar-refractivity contribution < 1.29 is 13.9 Å². The van der Waals surface area contributed by atoms with Gasteiger partial charge in [0.1, 0.15) is 17.4 Å². The number of alkyl halides is 1. The van der Waals surface area contributed by atoms with Crippen molar-refractivity contribution in [1.82, 2.24) is 14.8 Å². The van der Waals surface area contributed by atoms with Gasteiger partial charge in [-0.2, -0.15) is 0 Å². The van der Waals surface area contributed by atoms with E-state index in [0.29, 0.717) is 25.6 Å². The number of benzene rings is 1. The lowest BCUT2D eigenvalue weighted by Gasteiger charge is -2.34. The van der Waals surface area contributed by atoms with Crippen LogP contribution in [0, 0.1) is 0 Å². The lowest BCUT2D eigenvalue weighted by atomic mass is 10.0. The third-order valence-corrected chi connectivity index (χ3v) is 6.18. The maximum Gasteiger partial charge on any atom is 0.237 e. The molecule has 2 atom stereocenters. The van der Waals surface area contributed by atoms with E-state index in [1.807, 2.05) is 26.0 Å². The molecule has 3 heterocycles. The Bertz CT molecular complexity index is 885. The van der Waals surface area contributed by atoms with Crippen LogP contribution in [0.15, 0.2) is 30.5 Å². The molecule has 1 N–H and O–H groups in total. The van der Waals surface area contributed by atoms with Gasteiger partial charge in [-0.05, 0) is 51.0 Å². The quantitative estimate of drug-likeness (QED) is 0.784. The molecule has 0 bridgehead atoms. The van der Waals surface area contributed by atoms with Gasteiger partial charge in [0, 0.05) is 48.9 Å². The smallest absolute Gasteiger partial charge is 0.237 e. The van der Waals surface area contributed by atoms with E-state index >= 15 is 0 Å². The van der Waals surface area contributed by atoms with Crippen LogP contribution in [0.5, 0.6) is 5.75 Å². The summed E-state index contributed by atoms with van der Waals surface area (Å²) in [6.07, 6.45) is 3.30. The van der Waals surface area contributed by atoms with Gasteiger partial charge in [0.15, 0.2) is 0 Å². The minimum Gasteiger partial charge on any atom is -0.492 e. The van der Waals surface area contributed by atoms with Crippen LogP contribution in [0.4, 0.5) is 10.1 Å². The van der Waals surface area contributed by atoms with Gasteiger partial charge in [0.05, 0.1) is 19.7 Å². The monoisotopic (exact) mass is 414 g/mol. The molecule has 4 rings (SSSR count). The van der Waals surface area contributed by atoms with Gasteiger partial charge >= 0.3 is 0 Å². The second-order valence-electron chi connectivity index (χ2n) is 8.37. The molecule has 7 heteroatoms. The van der Waals surface area contributed by atoms with Gasteiger partial charge in [0.2, 0.25) is 5.91 Å². The molecule has 2 aliphatic heterocycles. The summed E-state index contributed by atoms with van der Waals surface area (Å²) in [4.78, 5) is 21.0. The number of aromatic nitrogens is 1. The molecule has 2 saturated heterocycles. The number of amides is 1. The van der Waals surface area contributed by atoms with E-state index in [0.717, 1.165) is 48.3 Å². The summed E-state index contributed by atoms with van der Waals surface area (Å²) in [6.45, 7) is 6.87.